The second kappa shape index (κ2) is 7.48. The number of ketones is 1. The van der Waals surface area contributed by atoms with Crippen LogP contribution in [-0.2, 0) is 17.8 Å². The summed E-state index contributed by atoms with van der Waals surface area (Å²) < 4.78 is 1.42. The summed E-state index contributed by atoms with van der Waals surface area (Å²) in [5.41, 5.74) is 3.58. The summed E-state index contributed by atoms with van der Waals surface area (Å²) in [7, 11) is 0. The molecule has 0 unspecified atom stereocenters. The quantitative estimate of drug-likeness (QED) is 0.517. The minimum Gasteiger partial charge on any atom is -0.300 e. The van der Waals surface area contributed by atoms with Crippen molar-refractivity contribution in [2.45, 2.75) is 26.8 Å². The topological polar surface area (TPSA) is 64.8 Å². The van der Waals surface area contributed by atoms with Gasteiger partial charge in [0.15, 0.2) is 0 Å². The van der Waals surface area contributed by atoms with Crippen LogP contribution in [0.4, 0.5) is 0 Å². The van der Waals surface area contributed by atoms with Gasteiger partial charge in [-0.05, 0) is 19.9 Å². The highest BCUT2D eigenvalue weighted by atomic mass is 32.1. The van der Waals surface area contributed by atoms with Gasteiger partial charge < -0.3 is 0 Å². The molecular formula is C22H19N3O2S. The number of hydrogen-bond acceptors (Lipinski definition) is 5. The lowest BCUT2D eigenvalue weighted by Crippen LogP contribution is -2.25. The van der Waals surface area contributed by atoms with Crippen LogP contribution in [0.3, 0.4) is 0 Å². The summed E-state index contributed by atoms with van der Waals surface area (Å²) in [6.45, 7) is 3.86. The van der Waals surface area contributed by atoms with Gasteiger partial charge >= 0.3 is 0 Å². The lowest BCUT2D eigenvalue weighted by molar-refractivity contribution is -0.116. The number of aryl methyl sites for hydroxylation is 1. The predicted octanol–water partition coefficient (Wildman–Crippen LogP) is 4.01. The Labute approximate surface area is 166 Å². The SMILES string of the molecule is CC(=O)Cc1nn(Cc2nc(-c3ccc(C)cc3)cs2)c(=O)c2ccccc12. The molecule has 0 amide bonds. The number of thiazole rings is 1. The number of rotatable bonds is 5. The van der Waals surface area contributed by atoms with Gasteiger partial charge in [-0.3, -0.25) is 9.59 Å². The fourth-order valence-electron chi connectivity index (χ4n) is 3.15. The van der Waals surface area contributed by atoms with Gasteiger partial charge in [-0.2, -0.15) is 5.10 Å². The molecule has 0 N–H and O–H groups in total. The van der Waals surface area contributed by atoms with Crippen molar-refractivity contribution in [1.82, 2.24) is 14.8 Å². The highest BCUT2D eigenvalue weighted by Crippen LogP contribution is 2.23. The van der Waals surface area contributed by atoms with E-state index in [0.717, 1.165) is 21.7 Å². The molecule has 4 aromatic rings. The first-order valence-electron chi connectivity index (χ1n) is 9.01. The van der Waals surface area contributed by atoms with Crippen LogP contribution in [0.1, 0.15) is 23.2 Å². The maximum Gasteiger partial charge on any atom is 0.275 e. The van der Waals surface area contributed by atoms with E-state index in [-0.39, 0.29) is 24.3 Å². The van der Waals surface area contributed by atoms with E-state index in [1.165, 1.54) is 28.5 Å². The standard InChI is InChI=1S/C22H19N3O2S/c1-14-7-9-16(10-8-14)20-13-28-21(23-20)12-25-22(27)18-6-4-3-5-17(18)19(24-25)11-15(2)26/h3-10,13H,11-12H2,1-2H3. The fourth-order valence-corrected chi connectivity index (χ4v) is 3.93. The number of benzene rings is 2. The monoisotopic (exact) mass is 389 g/mol. The predicted molar refractivity (Wildman–Crippen MR) is 112 cm³/mol. The van der Waals surface area contributed by atoms with Crippen LogP contribution in [0.15, 0.2) is 58.7 Å². The summed E-state index contributed by atoms with van der Waals surface area (Å²) in [6, 6.07) is 15.5. The molecule has 6 heteroatoms. The smallest absolute Gasteiger partial charge is 0.275 e. The third kappa shape index (κ3) is 3.64. The van der Waals surface area contributed by atoms with E-state index in [1.54, 1.807) is 6.07 Å². The molecule has 28 heavy (non-hydrogen) atoms. The van der Waals surface area contributed by atoms with Gasteiger partial charge in [-0.25, -0.2) is 9.67 Å². The van der Waals surface area contributed by atoms with Crippen molar-refractivity contribution < 1.29 is 4.79 Å². The normalized spacial score (nSPS) is 11.1. The Morgan fingerprint density at radius 1 is 1.07 bits per heavy atom. The molecule has 0 saturated carbocycles. The van der Waals surface area contributed by atoms with Gasteiger partial charge in [0.2, 0.25) is 0 Å². The van der Waals surface area contributed by atoms with Crippen LogP contribution < -0.4 is 5.56 Å². The zero-order chi connectivity index (χ0) is 19.7. The molecule has 140 valence electrons. The highest BCUT2D eigenvalue weighted by Gasteiger charge is 2.13. The number of Topliss-reactive ketones (excluding diaryl/α,β-unsaturated/α-hetero) is 1. The minimum absolute atomic E-state index is 0.0127. The highest BCUT2D eigenvalue weighted by molar-refractivity contribution is 7.09. The van der Waals surface area contributed by atoms with Crippen LogP contribution in [0.5, 0.6) is 0 Å². The second-order valence-electron chi connectivity index (χ2n) is 6.83. The first-order valence-corrected chi connectivity index (χ1v) is 9.89. The van der Waals surface area contributed by atoms with E-state index >= 15 is 0 Å². The maximum atomic E-state index is 12.9. The largest absolute Gasteiger partial charge is 0.300 e. The van der Waals surface area contributed by atoms with Crippen molar-refractivity contribution in [2.75, 3.05) is 0 Å². The molecule has 0 saturated heterocycles. The van der Waals surface area contributed by atoms with Crippen molar-refractivity contribution in [3.63, 3.8) is 0 Å². The third-order valence-electron chi connectivity index (χ3n) is 4.54. The molecule has 0 atom stereocenters. The first kappa shape index (κ1) is 18.3. The molecule has 0 bridgehead atoms. The van der Waals surface area contributed by atoms with E-state index in [9.17, 15) is 9.59 Å². The van der Waals surface area contributed by atoms with E-state index in [1.807, 2.05) is 42.6 Å². The molecule has 0 spiro atoms. The average molecular weight is 389 g/mol. The maximum absolute atomic E-state index is 12.9. The number of hydrogen-bond donors (Lipinski definition) is 0. The molecule has 2 aromatic heterocycles. The van der Waals surface area contributed by atoms with Gasteiger partial charge in [0.25, 0.3) is 5.56 Å². The van der Waals surface area contributed by atoms with Crippen LogP contribution >= 0.6 is 11.3 Å². The Hall–Kier alpha value is -3.12. The molecule has 4 rings (SSSR count). The van der Waals surface area contributed by atoms with Gasteiger partial charge in [0.1, 0.15) is 10.8 Å². The molecule has 0 fully saturated rings. The fraction of sp³-hybridized carbons (Fsp3) is 0.182. The number of carbonyl (C=O) groups is 1. The molecular weight excluding hydrogens is 370 g/mol. The molecule has 0 radical (unpaired) electrons. The van der Waals surface area contributed by atoms with E-state index in [4.69, 9.17) is 0 Å². The lowest BCUT2D eigenvalue weighted by atomic mass is 10.1. The van der Waals surface area contributed by atoms with Gasteiger partial charge in [0.05, 0.1) is 29.7 Å². The van der Waals surface area contributed by atoms with E-state index in [2.05, 4.69) is 22.2 Å². The lowest BCUT2D eigenvalue weighted by Gasteiger charge is -2.09. The number of aromatic nitrogens is 3. The number of carbonyl (C=O) groups excluding carboxylic acids is 1. The zero-order valence-corrected chi connectivity index (χ0v) is 16.5. The van der Waals surface area contributed by atoms with Crippen LogP contribution in [0, 0.1) is 6.92 Å². The molecule has 0 aliphatic rings. The second-order valence-corrected chi connectivity index (χ2v) is 7.77. The summed E-state index contributed by atoms with van der Waals surface area (Å²) in [6.07, 6.45) is 0.202. The summed E-state index contributed by atoms with van der Waals surface area (Å²) in [5.74, 6) is 0.0127. The van der Waals surface area contributed by atoms with Crippen LogP contribution in [0.2, 0.25) is 0 Å². The van der Waals surface area contributed by atoms with Crippen molar-refractivity contribution in [1.29, 1.82) is 0 Å². The van der Waals surface area contributed by atoms with Gasteiger partial charge in [-0.1, -0.05) is 48.0 Å². The summed E-state index contributed by atoms with van der Waals surface area (Å²) >= 11 is 1.50. The molecule has 0 aliphatic heterocycles. The van der Waals surface area contributed by atoms with Crippen LogP contribution in [0.25, 0.3) is 22.0 Å². The van der Waals surface area contributed by atoms with E-state index < -0.39 is 0 Å². The zero-order valence-electron chi connectivity index (χ0n) is 15.7. The van der Waals surface area contributed by atoms with Crippen LogP contribution in [-0.4, -0.2) is 20.5 Å². The Balaban J connectivity index is 1.72. The number of fused-ring (bicyclic) bond motifs is 1. The Morgan fingerprint density at radius 2 is 1.79 bits per heavy atom. The summed E-state index contributed by atoms with van der Waals surface area (Å²) in [5, 5.41) is 8.58. The van der Waals surface area contributed by atoms with E-state index in [0.29, 0.717) is 11.1 Å². The Kier molecular flexibility index (Phi) is 4.88. The number of nitrogens with zero attached hydrogens (tertiary/aromatic N) is 3. The first-order chi connectivity index (χ1) is 13.5. The molecule has 5 nitrogen and oxygen atoms in total. The van der Waals surface area contributed by atoms with Crippen molar-refractivity contribution in [3.05, 3.63) is 80.5 Å². The Bertz CT molecular complexity index is 1220. The molecule has 0 aliphatic carbocycles. The Morgan fingerprint density at radius 3 is 2.50 bits per heavy atom. The van der Waals surface area contributed by atoms with Crippen molar-refractivity contribution in [3.8, 4) is 11.3 Å². The van der Waals surface area contributed by atoms with Gasteiger partial charge in [0, 0.05) is 16.3 Å². The molecule has 2 heterocycles. The summed E-state index contributed by atoms with van der Waals surface area (Å²) in [4.78, 5) is 29.2. The third-order valence-corrected chi connectivity index (χ3v) is 5.38. The van der Waals surface area contributed by atoms with Gasteiger partial charge in [-0.15, -0.1) is 11.3 Å². The average Bonchev–Trinajstić information content (AvgIpc) is 3.14. The van der Waals surface area contributed by atoms with Crippen molar-refractivity contribution in [2.24, 2.45) is 0 Å². The molecule has 2 aromatic carbocycles. The van der Waals surface area contributed by atoms with Crippen molar-refractivity contribution >= 4 is 27.9 Å². The minimum atomic E-state index is -0.171.